The predicted molar refractivity (Wildman–Crippen MR) is 122 cm³/mol. The highest BCUT2D eigenvalue weighted by Gasteiger charge is 2.35. The van der Waals surface area contributed by atoms with Crippen molar-refractivity contribution in [1.29, 1.82) is 0 Å². The molecule has 0 aliphatic carbocycles. The topological polar surface area (TPSA) is 74.9 Å². The number of anilines is 2. The van der Waals surface area contributed by atoms with Crippen LogP contribution in [0.4, 0.5) is 11.5 Å². The summed E-state index contributed by atoms with van der Waals surface area (Å²) >= 11 is 0. The number of aromatic nitrogens is 2. The molecule has 0 radical (unpaired) electrons. The fraction of sp³-hybridized carbons (Fsp3) is 0.375. The lowest BCUT2D eigenvalue weighted by molar-refractivity contribution is -0.122. The SMILES string of the molecule is Cc1cnc(-c2ccc(N3CCC(Oc4cccnc4N4CCN(C)CC4)C3=O)cc2)o1. The fourth-order valence-corrected chi connectivity index (χ4v) is 4.17. The minimum atomic E-state index is -0.514. The molecular weight excluding hydrogens is 406 g/mol. The Hall–Kier alpha value is -3.39. The molecule has 0 spiro atoms. The van der Waals surface area contributed by atoms with Crippen LogP contribution in [-0.2, 0) is 4.79 Å². The van der Waals surface area contributed by atoms with Crippen molar-refractivity contribution in [2.45, 2.75) is 19.4 Å². The van der Waals surface area contributed by atoms with Crippen molar-refractivity contribution in [3.63, 3.8) is 0 Å². The molecule has 1 atom stereocenters. The Bertz CT molecular complexity index is 1090. The molecule has 8 nitrogen and oxygen atoms in total. The van der Waals surface area contributed by atoms with E-state index in [-0.39, 0.29) is 5.91 Å². The maximum atomic E-state index is 13.1. The van der Waals surface area contributed by atoms with E-state index in [0.29, 0.717) is 24.6 Å². The summed E-state index contributed by atoms with van der Waals surface area (Å²) < 4.78 is 11.8. The molecule has 2 aliphatic rings. The van der Waals surface area contributed by atoms with E-state index in [4.69, 9.17) is 9.15 Å². The van der Waals surface area contributed by atoms with Gasteiger partial charge in [-0.1, -0.05) is 0 Å². The number of nitrogens with zero attached hydrogens (tertiary/aromatic N) is 5. The van der Waals surface area contributed by atoms with Gasteiger partial charge in [-0.25, -0.2) is 9.97 Å². The summed E-state index contributed by atoms with van der Waals surface area (Å²) in [6, 6.07) is 11.5. The third-order valence-electron chi connectivity index (χ3n) is 6.03. The molecule has 0 bridgehead atoms. The highest BCUT2D eigenvalue weighted by Crippen LogP contribution is 2.31. The maximum Gasteiger partial charge on any atom is 0.268 e. The van der Waals surface area contributed by atoms with Gasteiger partial charge in [-0.2, -0.15) is 0 Å². The number of amides is 1. The van der Waals surface area contributed by atoms with Crippen molar-refractivity contribution < 1.29 is 13.9 Å². The van der Waals surface area contributed by atoms with E-state index in [1.807, 2.05) is 43.3 Å². The third kappa shape index (κ3) is 4.05. The molecule has 1 aromatic carbocycles. The maximum absolute atomic E-state index is 13.1. The van der Waals surface area contributed by atoms with Gasteiger partial charge in [0.25, 0.3) is 5.91 Å². The zero-order valence-corrected chi connectivity index (χ0v) is 18.4. The number of pyridine rings is 1. The monoisotopic (exact) mass is 433 g/mol. The zero-order valence-electron chi connectivity index (χ0n) is 18.4. The lowest BCUT2D eigenvalue weighted by Gasteiger charge is -2.34. The normalized spacial score (nSPS) is 19.6. The van der Waals surface area contributed by atoms with Crippen molar-refractivity contribution in [3.05, 3.63) is 54.6 Å². The number of ether oxygens (including phenoxy) is 1. The standard InChI is InChI=1S/C24H27N5O3/c1-17-16-26-23(31-17)18-5-7-19(8-6-18)29-11-9-21(24(29)30)32-20-4-3-10-25-22(20)28-14-12-27(2)13-15-28/h3-8,10,16,21H,9,11-15H2,1-2H3. The average molecular weight is 434 g/mol. The first-order valence-corrected chi connectivity index (χ1v) is 11.0. The van der Waals surface area contributed by atoms with E-state index in [0.717, 1.165) is 49.0 Å². The summed E-state index contributed by atoms with van der Waals surface area (Å²) in [7, 11) is 2.12. The van der Waals surface area contributed by atoms with Crippen LogP contribution < -0.4 is 14.5 Å². The first-order chi connectivity index (χ1) is 15.6. The van der Waals surface area contributed by atoms with Gasteiger partial charge in [-0.05, 0) is 50.4 Å². The molecule has 0 N–H and O–H groups in total. The van der Waals surface area contributed by atoms with Crippen molar-refractivity contribution in [2.75, 3.05) is 49.6 Å². The van der Waals surface area contributed by atoms with Gasteiger partial charge in [0.05, 0.1) is 6.20 Å². The third-order valence-corrected chi connectivity index (χ3v) is 6.03. The fourth-order valence-electron chi connectivity index (χ4n) is 4.17. The lowest BCUT2D eigenvalue weighted by Crippen LogP contribution is -2.45. The van der Waals surface area contributed by atoms with E-state index in [9.17, 15) is 4.79 Å². The number of piperazine rings is 1. The van der Waals surface area contributed by atoms with E-state index < -0.39 is 6.10 Å². The second-order valence-corrected chi connectivity index (χ2v) is 8.32. The summed E-state index contributed by atoms with van der Waals surface area (Å²) in [4.78, 5) is 28.3. The molecule has 0 saturated carbocycles. The minimum Gasteiger partial charge on any atom is -0.477 e. The molecule has 1 unspecified atom stereocenters. The Balaban J connectivity index is 1.28. The molecule has 8 heteroatoms. The Kier molecular flexibility index (Phi) is 5.53. The Morgan fingerprint density at radius 3 is 2.53 bits per heavy atom. The van der Waals surface area contributed by atoms with Gasteiger partial charge in [0, 0.05) is 56.6 Å². The number of rotatable bonds is 5. The molecule has 32 heavy (non-hydrogen) atoms. The van der Waals surface area contributed by atoms with Crippen LogP contribution in [0.1, 0.15) is 12.2 Å². The number of hydrogen-bond acceptors (Lipinski definition) is 7. The molecule has 4 heterocycles. The van der Waals surface area contributed by atoms with Gasteiger partial charge >= 0.3 is 0 Å². The first-order valence-electron chi connectivity index (χ1n) is 11.0. The second-order valence-electron chi connectivity index (χ2n) is 8.32. The van der Waals surface area contributed by atoms with Gasteiger partial charge in [0.2, 0.25) is 5.89 Å². The summed E-state index contributed by atoms with van der Waals surface area (Å²) in [5.41, 5.74) is 1.73. The van der Waals surface area contributed by atoms with Crippen LogP contribution in [0.2, 0.25) is 0 Å². The van der Waals surface area contributed by atoms with E-state index in [1.165, 1.54) is 0 Å². The largest absolute Gasteiger partial charge is 0.477 e. The number of oxazole rings is 1. The quantitative estimate of drug-likeness (QED) is 0.612. The summed E-state index contributed by atoms with van der Waals surface area (Å²) in [5, 5.41) is 0. The summed E-state index contributed by atoms with van der Waals surface area (Å²) in [5.74, 6) is 2.81. The van der Waals surface area contributed by atoms with E-state index in [1.54, 1.807) is 17.3 Å². The van der Waals surface area contributed by atoms with Gasteiger partial charge in [0.15, 0.2) is 17.7 Å². The van der Waals surface area contributed by atoms with Crippen molar-refractivity contribution >= 4 is 17.4 Å². The van der Waals surface area contributed by atoms with Crippen molar-refractivity contribution in [1.82, 2.24) is 14.9 Å². The molecule has 2 aromatic heterocycles. The molecule has 166 valence electrons. The number of aryl methyl sites for hydroxylation is 1. The number of carbonyl (C=O) groups excluding carboxylic acids is 1. The number of likely N-dealkylation sites (N-methyl/N-ethyl adjacent to an activating group) is 1. The Morgan fingerprint density at radius 1 is 1.03 bits per heavy atom. The molecule has 5 rings (SSSR count). The van der Waals surface area contributed by atoms with Crippen LogP contribution in [0.25, 0.3) is 11.5 Å². The highest BCUT2D eigenvalue weighted by atomic mass is 16.5. The van der Waals surface area contributed by atoms with Crippen LogP contribution in [0.5, 0.6) is 5.75 Å². The highest BCUT2D eigenvalue weighted by molar-refractivity contribution is 5.99. The lowest BCUT2D eigenvalue weighted by atomic mass is 10.2. The van der Waals surface area contributed by atoms with Gasteiger partial charge < -0.3 is 23.9 Å². The molecule has 1 amide bonds. The number of hydrogen-bond donors (Lipinski definition) is 0. The Labute approximate surface area is 187 Å². The molecular formula is C24H27N5O3. The first kappa shape index (κ1) is 20.5. The summed E-state index contributed by atoms with van der Waals surface area (Å²) in [6.07, 6.45) is 3.60. The van der Waals surface area contributed by atoms with Crippen LogP contribution in [0.15, 0.2) is 53.2 Å². The van der Waals surface area contributed by atoms with Crippen LogP contribution in [0.3, 0.4) is 0 Å². The summed E-state index contributed by atoms with van der Waals surface area (Å²) in [6.45, 7) is 6.23. The predicted octanol–water partition coefficient (Wildman–Crippen LogP) is 2.98. The molecule has 3 aromatic rings. The molecule has 2 aliphatic heterocycles. The van der Waals surface area contributed by atoms with Crippen LogP contribution in [0, 0.1) is 6.92 Å². The molecule has 2 saturated heterocycles. The van der Waals surface area contributed by atoms with E-state index >= 15 is 0 Å². The van der Waals surface area contributed by atoms with Crippen LogP contribution in [-0.4, -0.2) is 66.7 Å². The van der Waals surface area contributed by atoms with E-state index in [2.05, 4.69) is 26.8 Å². The zero-order chi connectivity index (χ0) is 22.1. The van der Waals surface area contributed by atoms with Gasteiger partial charge in [-0.15, -0.1) is 0 Å². The molecule has 2 fully saturated rings. The smallest absolute Gasteiger partial charge is 0.268 e. The van der Waals surface area contributed by atoms with Crippen molar-refractivity contribution in [2.24, 2.45) is 0 Å². The minimum absolute atomic E-state index is 0.0297. The van der Waals surface area contributed by atoms with Crippen molar-refractivity contribution in [3.8, 4) is 17.2 Å². The average Bonchev–Trinajstić information content (AvgIpc) is 3.41. The number of carbonyl (C=O) groups is 1. The van der Waals surface area contributed by atoms with Crippen LogP contribution >= 0.6 is 0 Å². The second kappa shape index (κ2) is 8.63. The Morgan fingerprint density at radius 2 is 1.81 bits per heavy atom. The number of benzene rings is 1. The van der Waals surface area contributed by atoms with Gasteiger partial charge in [-0.3, -0.25) is 4.79 Å². The van der Waals surface area contributed by atoms with Gasteiger partial charge in [0.1, 0.15) is 5.76 Å².